The van der Waals surface area contributed by atoms with Gasteiger partial charge in [0, 0.05) is 17.4 Å². The van der Waals surface area contributed by atoms with Crippen LogP contribution in [0, 0.1) is 5.82 Å². The molecule has 0 fully saturated rings. The molecule has 106 valence electrons. The van der Waals surface area contributed by atoms with Gasteiger partial charge in [0.15, 0.2) is 0 Å². The Kier molecular flexibility index (Phi) is 7.67. The number of halogens is 2. The van der Waals surface area contributed by atoms with Crippen LogP contribution in [0.3, 0.4) is 0 Å². The molecule has 2 N–H and O–H groups in total. The fourth-order valence-electron chi connectivity index (χ4n) is 1.77. The van der Waals surface area contributed by atoms with Gasteiger partial charge < -0.3 is 10.4 Å². The second kappa shape index (κ2) is 9.04. The van der Waals surface area contributed by atoms with Gasteiger partial charge >= 0.3 is 5.97 Å². The molecule has 0 aliphatic carbocycles. The molecule has 0 amide bonds. The number of carbonyl (C=O) groups is 1. The van der Waals surface area contributed by atoms with E-state index in [-0.39, 0.29) is 12.2 Å². The number of nitrogens with one attached hydrogen (secondary N) is 1. The van der Waals surface area contributed by atoms with Crippen LogP contribution in [0.4, 0.5) is 4.39 Å². The van der Waals surface area contributed by atoms with Crippen molar-refractivity contribution in [3.05, 3.63) is 34.1 Å². The van der Waals surface area contributed by atoms with E-state index in [1.807, 2.05) is 0 Å². The van der Waals surface area contributed by atoms with Gasteiger partial charge in [0.05, 0.1) is 0 Å². The average Bonchev–Trinajstić information content (AvgIpc) is 2.34. The van der Waals surface area contributed by atoms with Crippen LogP contribution in [0.25, 0.3) is 0 Å². The topological polar surface area (TPSA) is 49.3 Å². The minimum atomic E-state index is -0.723. The van der Waals surface area contributed by atoms with Crippen molar-refractivity contribution in [2.24, 2.45) is 0 Å². The van der Waals surface area contributed by atoms with Crippen LogP contribution in [0.15, 0.2) is 22.7 Å². The van der Waals surface area contributed by atoms with Gasteiger partial charge in [-0.2, -0.15) is 0 Å². The fourth-order valence-corrected chi connectivity index (χ4v) is 2.26. The summed E-state index contributed by atoms with van der Waals surface area (Å²) in [4.78, 5) is 10.3. The summed E-state index contributed by atoms with van der Waals surface area (Å²) in [6.07, 6.45) is 4.02. The van der Waals surface area contributed by atoms with Crippen LogP contribution in [-0.4, -0.2) is 17.6 Å². The van der Waals surface area contributed by atoms with Crippen molar-refractivity contribution in [3.8, 4) is 0 Å². The van der Waals surface area contributed by atoms with E-state index in [9.17, 15) is 9.18 Å². The Balaban J connectivity index is 2.06. The molecular weight excluding hydrogens is 313 g/mol. The molecule has 0 heterocycles. The van der Waals surface area contributed by atoms with E-state index < -0.39 is 5.97 Å². The predicted molar refractivity (Wildman–Crippen MR) is 76.5 cm³/mol. The van der Waals surface area contributed by atoms with Crippen molar-refractivity contribution in [3.63, 3.8) is 0 Å². The molecule has 3 nitrogen and oxygen atoms in total. The molecule has 0 bridgehead atoms. The average molecular weight is 332 g/mol. The molecule has 0 atom stereocenters. The summed E-state index contributed by atoms with van der Waals surface area (Å²) in [5.74, 6) is -0.964. The maximum absolute atomic E-state index is 12.9. The zero-order chi connectivity index (χ0) is 14.1. The summed E-state index contributed by atoms with van der Waals surface area (Å²) in [5.41, 5.74) is 1.03. The second-order valence-corrected chi connectivity index (χ2v) is 5.32. The first-order chi connectivity index (χ1) is 9.09. The van der Waals surface area contributed by atoms with E-state index in [2.05, 4.69) is 21.2 Å². The molecule has 1 aromatic rings. The minimum Gasteiger partial charge on any atom is -0.481 e. The SMILES string of the molecule is O=C(O)CCCCCCNCc1ccc(F)cc1Br. The second-order valence-electron chi connectivity index (χ2n) is 4.47. The molecule has 1 aromatic carbocycles. The third-order valence-corrected chi connectivity index (χ3v) is 3.56. The molecular formula is C14H19BrFNO2. The number of rotatable bonds is 9. The van der Waals surface area contributed by atoms with Gasteiger partial charge in [0.1, 0.15) is 5.82 Å². The van der Waals surface area contributed by atoms with Crippen molar-refractivity contribution in [2.45, 2.75) is 38.6 Å². The standard InChI is InChI=1S/C14H19BrFNO2/c15-13-9-12(16)7-6-11(13)10-17-8-4-2-1-3-5-14(18)19/h6-7,9,17H,1-5,8,10H2,(H,18,19). The molecule has 0 aliphatic rings. The fraction of sp³-hybridized carbons (Fsp3) is 0.500. The molecule has 5 heteroatoms. The molecule has 0 radical (unpaired) electrons. The number of carboxylic acid groups (broad SMARTS) is 1. The van der Waals surface area contributed by atoms with Crippen molar-refractivity contribution < 1.29 is 14.3 Å². The van der Waals surface area contributed by atoms with Gasteiger partial charge in [-0.25, -0.2) is 4.39 Å². The van der Waals surface area contributed by atoms with Crippen molar-refractivity contribution in [1.29, 1.82) is 0 Å². The molecule has 19 heavy (non-hydrogen) atoms. The number of hydrogen-bond donors (Lipinski definition) is 2. The predicted octanol–water partition coefficient (Wildman–Crippen LogP) is 3.71. The monoisotopic (exact) mass is 331 g/mol. The minimum absolute atomic E-state index is 0.242. The first-order valence-corrected chi connectivity index (χ1v) is 7.25. The van der Waals surface area contributed by atoms with E-state index in [0.29, 0.717) is 6.54 Å². The van der Waals surface area contributed by atoms with Gasteiger partial charge in [0.2, 0.25) is 0 Å². The normalized spacial score (nSPS) is 10.6. The zero-order valence-electron chi connectivity index (χ0n) is 10.8. The lowest BCUT2D eigenvalue weighted by Gasteiger charge is -2.07. The Morgan fingerprint density at radius 2 is 2.00 bits per heavy atom. The molecule has 0 saturated heterocycles. The highest BCUT2D eigenvalue weighted by Gasteiger charge is 2.01. The highest BCUT2D eigenvalue weighted by Crippen LogP contribution is 2.17. The largest absolute Gasteiger partial charge is 0.481 e. The van der Waals surface area contributed by atoms with Gasteiger partial charge in [-0.15, -0.1) is 0 Å². The van der Waals surface area contributed by atoms with Gasteiger partial charge in [0.25, 0.3) is 0 Å². The van der Waals surface area contributed by atoms with Crippen LogP contribution in [0.1, 0.15) is 37.7 Å². The van der Waals surface area contributed by atoms with Gasteiger partial charge in [-0.05, 0) is 37.1 Å². The molecule has 0 aliphatic heterocycles. The van der Waals surface area contributed by atoms with Crippen molar-refractivity contribution in [1.82, 2.24) is 5.32 Å². The summed E-state index contributed by atoms with van der Waals surface area (Å²) < 4.78 is 13.7. The Labute approximate surface area is 121 Å². The van der Waals surface area contributed by atoms with Crippen LogP contribution in [0.2, 0.25) is 0 Å². The Bertz CT molecular complexity index is 412. The molecule has 0 saturated carbocycles. The Hall–Kier alpha value is -0.940. The zero-order valence-corrected chi connectivity index (χ0v) is 12.4. The van der Waals surface area contributed by atoms with E-state index in [1.165, 1.54) is 12.1 Å². The van der Waals surface area contributed by atoms with Crippen LogP contribution < -0.4 is 5.32 Å². The maximum Gasteiger partial charge on any atom is 0.303 e. The maximum atomic E-state index is 12.9. The van der Waals surface area contributed by atoms with Crippen LogP contribution in [0.5, 0.6) is 0 Å². The summed E-state index contributed by atoms with van der Waals surface area (Å²) in [6, 6.07) is 4.68. The molecule has 0 aromatic heterocycles. The quantitative estimate of drug-likeness (QED) is 0.678. The van der Waals surface area contributed by atoms with E-state index in [0.717, 1.165) is 42.3 Å². The smallest absolute Gasteiger partial charge is 0.303 e. The Morgan fingerprint density at radius 3 is 2.68 bits per heavy atom. The van der Waals surface area contributed by atoms with Crippen molar-refractivity contribution in [2.75, 3.05) is 6.54 Å². The number of benzene rings is 1. The van der Waals surface area contributed by atoms with E-state index >= 15 is 0 Å². The third-order valence-electron chi connectivity index (χ3n) is 2.82. The highest BCUT2D eigenvalue weighted by atomic mass is 79.9. The summed E-state index contributed by atoms with van der Waals surface area (Å²) >= 11 is 3.33. The van der Waals surface area contributed by atoms with Crippen LogP contribution >= 0.6 is 15.9 Å². The number of unbranched alkanes of at least 4 members (excludes halogenated alkanes) is 3. The Morgan fingerprint density at radius 1 is 1.26 bits per heavy atom. The lowest BCUT2D eigenvalue weighted by atomic mass is 10.1. The summed E-state index contributed by atoms with van der Waals surface area (Å²) in [7, 11) is 0. The number of aliphatic carboxylic acids is 1. The molecule has 1 rings (SSSR count). The molecule has 0 unspecified atom stereocenters. The summed E-state index contributed by atoms with van der Waals surface area (Å²) in [5, 5.41) is 11.8. The third kappa shape index (κ3) is 7.28. The number of hydrogen-bond acceptors (Lipinski definition) is 2. The highest BCUT2D eigenvalue weighted by molar-refractivity contribution is 9.10. The lowest BCUT2D eigenvalue weighted by Crippen LogP contribution is -2.15. The van der Waals surface area contributed by atoms with Crippen LogP contribution in [-0.2, 0) is 11.3 Å². The van der Waals surface area contributed by atoms with Gasteiger partial charge in [-0.1, -0.05) is 34.8 Å². The van der Waals surface area contributed by atoms with Gasteiger partial charge in [-0.3, -0.25) is 4.79 Å². The van der Waals surface area contributed by atoms with E-state index in [4.69, 9.17) is 5.11 Å². The first-order valence-electron chi connectivity index (χ1n) is 6.46. The van der Waals surface area contributed by atoms with Crippen molar-refractivity contribution >= 4 is 21.9 Å². The molecule has 0 spiro atoms. The number of carboxylic acids is 1. The lowest BCUT2D eigenvalue weighted by molar-refractivity contribution is -0.137. The first kappa shape index (κ1) is 16.1. The summed E-state index contributed by atoms with van der Waals surface area (Å²) in [6.45, 7) is 1.59. The van der Waals surface area contributed by atoms with E-state index in [1.54, 1.807) is 6.07 Å².